The number of furan rings is 1. The number of fused-ring (bicyclic) bond motifs is 1. The standard InChI is InChI=1S/C15H13BrN4O3/c1-2-20-14(22)9-5-3-4-6-10(9)17-15(20)19-18-13(21)11-7-8-12(16)23-11/h3-8H,2H2,1H3,(H,17,19)(H,18,21). The maximum Gasteiger partial charge on any atom is 0.305 e. The van der Waals surface area contributed by atoms with E-state index in [9.17, 15) is 9.59 Å². The first-order valence-corrected chi connectivity index (χ1v) is 7.70. The number of hydrazine groups is 1. The van der Waals surface area contributed by atoms with Gasteiger partial charge >= 0.3 is 5.91 Å². The molecule has 1 amide bonds. The zero-order chi connectivity index (χ0) is 16.4. The van der Waals surface area contributed by atoms with E-state index in [0.717, 1.165) is 0 Å². The second-order valence-corrected chi connectivity index (χ2v) is 5.47. The molecule has 0 unspecified atom stereocenters. The molecule has 23 heavy (non-hydrogen) atoms. The van der Waals surface area contributed by atoms with Gasteiger partial charge in [-0.15, -0.1) is 0 Å². The van der Waals surface area contributed by atoms with Gasteiger partial charge in [-0.3, -0.25) is 25.0 Å². The van der Waals surface area contributed by atoms with Gasteiger partial charge in [-0.05, 0) is 47.1 Å². The number of benzene rings is 1. The molecular formula is C15H13BrN4O3. The summed E-state index contributed by atoms with van der Waals surface area (Å²) in [7, 11) is 0. The summed E-state index contributed by atoms with van der Waals surface area (Å²) in [4.78, 5) is 28.8. The predicted octanol–water partition coefficient (Wildman–Crippen LogP) is 2.53. The Morgan fingerprint density at radius 1 is 1.30 bits per heavy atom. The molecule has 0 atom stereocenters. The van der Waals surface area contributed by atoms with Crippen molar-refractivity contribution < 1.29 is 9.21 Å². The zero-order valence-corrected chi connectivity index (χ0v) is 13.8. The Morgan fingerprint density at radius 3 is 2.78 bits per heavy atom. The largest absolute Gasteiger partial charge is 0.444 e. The van der Waals surface area contributed by atoms with Crippen LogP contribution in [0.4, 0.5) is 5.95 Å². The van der Waals surface area contributed by atoms with Crippen LogP contribution in [0.25, 0.3) is 10.9 Å². The van der Waals surface area contributed by atoms with Crippen LogP contribution in [0.1, 0.15) is 17.5 Å². The van der Waals surface area contributed by atoms with Crippen LogP contribution in [0.5, 0.6) is 0 Å². The Morgan fingerprint density at radius 2 is 2.09 bits per heavy atom. The number of amides is 1. The molecule has 0 aliphatic heterocycles. The molecule has 2 heterocycles. The molecule has 0 aliphatic rings. The summed E-state index contributed by atoms with van der Waals surface area (Å²) in [6.07, 6.45) is 0. The van der Waals surface area contributed by atoms with Crippen molar-refractivity contribution in [3.8, 4) is 0 Å². The minimum Gasteiger partial charge on any atom is -0.444 e. The van der Waals surface area contributed by atoms with Gasteiger partial charge in [0.25, 0.3) is 5.56 Å². The van der Waals surface area contributed by atoms with Crippen molar-refractivity contribution in [2.75, 3.05) is 5.43 Å². The number of anilines is 1. The maximum atomic E-state index is 12.4. The van der Waals surface area contributed by atoms with Crippen molar-refractivity contribution in [3.05, 3.63) is 57.2 Å². The number of rotatable bonds is 4. The highest BCUT2D eigenvalue weighted by molar-refractivity contribution is 9.10. The number of nitrogens with zero attached hydrogens (tertiary/aromatic N) is 2. The highest BCUT2D eigenvalue weighted by Gasteiger charge is 2.13. The minimum absolute atomic E-state index is 0.135. The third-order valence-corrected chi connectivity index (χ3v) is 3.69. The first-order chi connectivity index (χ1) is 11.1. The fraction of sp³-hybridized carbons (Fsp3) is 0.133. The predicted molar refractivity (Wildman–Crippen MR) is 89.2 cm³/mol. The van der Waals surface area contributed by atoms with Crippen LogP contribution >= 0.6 is 15.9 Å². The second kappa shape index (κ2) is 6.25. The van der Waals surface area contributed by atoms with Crippen LogP contribution < -0.4 is 16.4 Å². The Balaban J connectivity index is 1.90. The summed E-state index contributed by atoms with van der Waals surface area (Å²) in [5, 5.41) is 0.529. The van der Waals surface area contributed by atoms with Gasteiger partial charge in [0.05, 0.1) is 10.9 Å². The van der Waals surface area contributed by atoms with E-state index in [0.29, 0.717) is 22.1 Å². The van der Waals surface area contributed by atoms with E-state index in [2.05, 4.69) is 31.8 Å². The lowest BCUT2D eigenvalue weighted by atomic mass is 10.2. The van der Waals surface area contributed by atoms with Crippen molar-refractivity contribution in [2.24, 2.45) is 0 Å². The third-order valence-electron chi connectivity index (χ3n) is 3.26. The van der Waals surface area contributed by atoms with Crippen LogP contribution in [-0.2, 0) is 6.54 Å². The monoisotopic (exact) mass is 376 g/mol. The van der Waals surface area contributed by atoms with Gasteiger partial charge in [0, 0.05) is 6.54 Å². The number of carbonyl (C=O) groups is 1. The Kier molecular flexibility index (Phi) is 4.16. The molecule has 2 aromatic heterocycles. The summed E-state index contributed by atoms with van der Waals surface area (Å²) >= 11 is 3.13. The number of carbonyl (C=O) groups excluding carboxylic acids is 1. The molecule has 8 heteroatoms. The third kappa shape index (κ3) is 2.98. The molecule has 118 valence electrons. The van der Waals surface area contributed by atoms with E-state index in [1.807, 2.05) is 6.92 Å². The fourth-order valence-electron chi connectivity index (χ4n) is 2.17. The van der Waals surface area contributed by atoms with Gasteiger partial charge in [-0.2, -0.15) is 0 Å². The van der Waals surface area contributed by atoms with Crippen molar-refractivity contribution in [2.45, 2.75) is 13.5 Å². The lowest BCUT2D eigenvalue weighted by Gasteiger charge is -2.13. The molecule has 0 aliphatic carbocycles. The summed E-state index contributed by atoms with van der Waals surface area (Å²) in [6.45, 7) is 2.25. The summed E-state index contributed by atoms with van der Waals surface area (Å²) < 4.78 is 7.06. The first-order valence-electron chi connectivity index (χ1n) is 6.91. The molecule has 7 nitrogen and oxygen atoms in total. The molecule has 2 N–H and O–H groups in total. The van der Waals surface area contributed by atoms with E-state index >= 15 is 0 Å². The van der Waals surface area contributed by atoms with Crippen molar-refractivity contribution in [1.82, 2.24) is 15.0 Å². The lowest BCUT2D eigenvalue weighted by molar-refractivity contribution is 0.0933. The van der Waals surface area contributed by atoms with Gasteiger partial charge in [0.15, 0.2) is 10.4 Å². The number of para-hydroxylation sites is 1. The van der Waals surface area contributed by atoms with Gasteiger partial charge in [0.2, 0.25) is 5.95 Å². The van der Waals surface area contributed by atoms with Gasteiger partial charge in [-0.1, -0.05) is 12.1 Å². The van der Waals surface area contributed by atoms with Gasteiger partial charge in [0.1, 0.15) is 0 Å². The van der Waals surface area contributed by atoms with E-state index < -0.39 is 5.91 Å². The van der Waals surface area contributed by atoms with Crippen molar-refractivity contribution in [3.63, 3.8) is 0 Å². The molecule has 0 saturated heterocycles. The van der Waals surface area contributed by atoms with Crippen molar-refractivity contribution in [1.29, 1.82) is 0 Å². The summed E-state index contributed by atoms with van der Waals surface area (Å²) in [5.41, 5.74) is 5.54. The van der Waals surface area contributed by atoms with Crippen LogP contribution in [0, 0.1) is 0 Å². The average Bonchev–Trinajstić information content (AvgIpc) is 2.99. The van der Waals surface area contributed by atoms with Gasteiger partial charge < -0.3 is 4.42 Å². The topological polar surface area (TPSA) is 89.2 Å². The first kappa shape index (κ1) is 15.3. The number of aromatic nitrogens is 2. The molecule has 0 spiro atoms. The molecule has 0 radical (unpaired) electrons. The van der Waals surface area contributed by atoms with Crippen LogP contribution in [0.15, 0.2) is 50.3 Å². The van der Waals surface area contributed by atoms with Gasteiger partial charge in [-0.25, -0.2) is 4.98 Å². The maximum absolute atomic E-state index is 12.4. The summed E-state index contributed by atoms with van der Waals surface area (Å²) in [6, 6.07) is 10.2. The molecule has 1 aromatic carbocycles. The Bertz CT molecular complexity index is 932. The van der Waals surface area contributed by atoms with E-state index in [1.54, 1.807) is 30.3 Å². The Labute approximate surface area is 139 Å². The second-order valence-electron chi connectivity index (χ2n) is 4.68. The smallest absolute Gasteiger partial charge is 0.305 e. The quantitative estimate of drug-likeness (QED) is 0.682. The SMILES string of the molecule is CCn1c(NNC(=O)c2ccc(Br)o2)nc2ccccc2c1=O. The highest BCUT2D eigenvalue weighted by Crippen LogP contribution is 2.14. The van der Waals surface area contributed by atoms with Crippen LogP contribution in [0.2, 0.25) is 0 Å². The van der Waals surface area contributed by atoms with E-state index in [1.165, 1.54) is 10.6 Å². The molecule has 0 fully saturated rings. The Hall–Kier alpha value is -2.61. The number of halogens is 1. The van der Waals surface area contributed by atoms with Crippen LogP contribution in [0.3, 0.4) is 0 Å². The highest BCUT2D eigenvalue weighted by atomic mass is 79.9. The van der Waals surface area contributed by atoms with Crippen LogP contribution in [-0.4, -0.2) is 15.5 Å². The number of nitrogens with one attached hydrogen (secondary N) is 2. The fourth-order valence-corrected chi connectivity index (χ4v) is 2.47. The molecule has 0 saturated carbocycles. The normalized spacial score (nSPS) is 10.7. The minimum atomic E-state index is -0.472. The average molecular weight is 377 g/mol. The molecule has 3 rings (SSSR count). The number of hydrogen-bond acceptors (Lipinski definition) is 5. The summed E-state index contributed by atoms with van der Waals surface area (Å²) in [5.74, 6) is -0.0773. The molecular weight excluding hydrogens is 364 g/mol. The van der Waals surface area contributed by atoms with E-state index in [4.69, 9.17) is 4.42 Å². The van der Waals surface area contributed by atoms with E-state index in [-0.39, 0.29) is 17.3 Å². The molecule has 3 aromatic rings. The number of hydrogen-bond donors (Lipinski definition) is 2. The van der Waals surface area contributed by atoms with Crippen molar-refractivity contribution >= 4 is 38.7 Å². The lowest BCUT2D eigenvalue weighted by Crippen LogP contribution is -2.34. The zero-order valence-electron chi connectivity index (χ0n) is 12.2. The molecule has 0 bridgehead atoms.